The van der Waals surface area contributed by atoms with E-state index in [2.05, 4.69) is 28.8 Å². The number of nitrogen functional groups attached to an aromatic ring is 2. The highest BCUT2D eigenvalue weighted by Gasteiger charge is 2.12. The Hall–Kier alpha value is -1.78. The second-order valence-electron chi connectivity index (χ2n) is 3.59. The van der Waals surface area contributed by atoms with Gasteiger partial charge in [0.15, 0.2) is 0 Å². The minimum absolute atomic E-state index is 0.201. The van der Waals surface area contributed by atoms with E-state index in [0.29, 0.717) is 17.4 Å². The van der Waals surface area contributed by atoms with E-state index in [-0.39, 0.29) is 5.95 Å². The van der Waals surface area contributed by atoms with E-state index in [9.17, 15) is 0 Å². The van der Waals surface area contributed by atoms with Gasteiger partial charge in [-0.25, -0.2) is 0 Å². The monoisotopic (exact) mass is 191 g/mol. The summed E-state index contributed by atoms with van der Waals surface area (Å²) < 4.78 is 0. The Labute approximate surface area is 81.5 Å². The van der Waals surface area contributed by atoms with Gasteiger partial charge in [0.25, 0.3) is 0 Å². The van der Waals surface area contributed by atoms with Crippen LogP contribution >= 0.6 is 0 Å². The van der Waals surface area contributed by atoms with Gasteiger partial charge in [-0.15, -0.1) is 0 Å². The molecule has 0 aliphatic carbocycles. The third-order valence-corrected chi connectivity index (χ3v) is 2.23. The molecule has 2 rings (SSSR count). The van der Waals surface area contributed by atoms with Crippen LogP contribution in [-0.4, -0.2) is 15.0 Å². The summed E-state index contributed by atoms with van der Waals surface area (Å²) in [5.41, 5.74) is 13.1. The minimum atomic E-state index is 0.201. The normalized spacial score (nSPS) is 11.4. The molecule has 5 heteroatoms. The lowest BCUT2D eigenvalue weighted by molar-refractivity contribution is 0.875. The van der Waals surface area contributed by atoms with E-state index in [0.717, 1.165) is 10.9 Å². The fraction of sp³-hybridized carbons (Fsp3) is 0.333. The lowest BCUT2D eigenvalue weighted by atomic mass is 10.0. The van der Waals surface area contributed by atoms with Crippen LogP contribution in [0.1, 0.15) is 25.3 Å². The second-order valence-corrected chi connectivity index (χ2v) is 3.59. The molecule has 0 unspecified atom stereocenters. The highest BCUT2D eigenvalue weighted by molar-refractivity contribution is 5.90. The molecule has 0 spiro atoms. The standard InChI is InChI=1S/C9H13N5/c1-4(2)5-3-12-8-6(5)7(10)13-9(11)14-8/h3-4H,1-2H3,(H5,10,11,12,13,14). The van der Waals surface area contributed by atoms with Crippen molar-refractivity contribution in [2.45, 2.75) is 19.8 Å². The summed E-state index contributed by atoms with van der Waals surface area (Å²) in [5.74, 6) is 1.03. The predicted molar refractivity (Wildman–Crippen MR) is 56.8 cm³/mol. The van der Waals surface area contributed by atoms with Crippen LogP contribution in [0, 0.1) is 0 Å². The Morgan fingerprint density at radius 1 is 1.29 bits per heavy atom. The molecule has 0 aliphatic rings. The first-order chi connectivity index (χ1) is 6.59. The third kappa shape index (κ3) is 1.17. The van der Waals surface area contributed by atoms with Gasteiger partial charge < -0.3 is 16.5 Å². The zero-order valence-corrected chi connectivity index (χ0v) is 8.20. The fourth-order valence-corrected chi connectivity index (χ4v) is 1.56. The summed E-state index contributed by atoms with van der Waals surface area (Å²) in [5, 5.41) is 0.884. The van der Waals surface area contributed by atoms with Gasteiger partial charge in [-0.3, -0.25) is 0 Å². The summed E-state index contributed by atoms with van der Waals surface area (Å²) in [6.07, 6.45) is 1.90. The summed E-state index contributed by atoms with van der Waals surface area (Å²) >= 11 is 0. The van der Waals surface area contributed by atoms with Crippen LogP contribution < -0.4 is 11.5 Å². The SMILES string of the molecule is CC(C)c1c[nH]c2nc(N)nc(N)c12. The van der Waals surface area contributed by atoms with Crippen molar-refractivity contribution in [1.82, 2.24) is 15.0 Å². The molecule has 2 aromatic rings. The van der Waals surface area contributed by atoms with Crippen molar-refractivity contribution in [3.63, 3.8) is 0 Å². The van der Waals surface area contributed by atoms with Gasteiger partial charge in [-0.2, -0.15) is 9.97 Å². The van der Waals surface area contributed by atoms with Crippen LogP contribution in [0.15, 0.2) is 6.20 Å². The van der Waals surface area contributed by atoms with Gasteiger partial charge in [0.1, 0.15) is 11.5 Å². The maximum atomic E-state index is 5.79. The molecule has 0 atom stereocenters. The van der Waals surface area contributed by atoms with Crippen LogP contribution in [0.25, 0.3) is 11.0 Å². The summed E-state index contributed by atoms with van der Waals surface area (Å²) in [6.45, 7) is 4.19. The van der Waals surface area contributed by atoms with Crippen molar-refractivity contribution in [3.8, 4) is 0 Å². The zero-order chi connectivity index (χ0) is 10.3. The van der Waals surface area contributed by atoms with Crippen LogP contribution in [0.5, 0.6) is 0 Å². The van der Waals surface area contributed by atoms with Gasteiger partial charge in [-0.05, 0) is 11.5 Å². The van der Waals surface area contributed by atoms with Crippen LogP contribution in [-0.2, 0) is 0 Å². The van der Waals surface area contributed by atoms with Crippen molar-refractivity contribution < 1.29 is 0 Å². The Balaban J connectivity index is 2.79. The molecule has 0 fully saturated rings. The average Bonchev–Trinajstić information content (AvgIpc) is 2.47. The third-order valence-electron chi connectivity index (χ3n) is 2.23. The number of fused-ring (bicyclic) bond motifs is 1. The lowest BCUT2D eigenvalue weighted by Gasteiger charge is -2.03. The molecule has 0 aromatic carbocycles. The Morgan fingerprint density at radius 3 is 2.64 bits per heavy atom. The van der Waals surface area contributed by atoms with E-state index in [4.69, 9.17) is 11.5 Å². The number of anilines is 2. The number of H-pyrrole nitrogens is 1. The Kier molecular flexibility index (Phi) is 1.80. The van der Waals surface area contributed by atoms with Crippen molar-refractivity contribution in [3.05, 3.63) is 11.8 Å². The van der Waals surface area contributed by atoms with Crippen LogP contribution in [0.2, 0.25) is 0 Å². The van der Waals surface area contributed by atoms with Crippen LogP contribution in [0.4, 0.5) is 11.8 Å². The number of nitrogens with one attached hydrogen (secondary N) is 1. The van der Waals surface area contributed by atoms with E-state index in [1.165, 1.54) is 0 Å². The number of nitrogens with zero attached hydrogens (tertiary/aromatic N) is 2. The molecule has 2 heterocycles. The summed E-state index contributed by atoms with van der Waals surface area (Å²) in [4.78, 5) is 11.1. The molecule has 0 saturated heterocycles. The number of aromatic amines is 1. The molecule has 14 heavy (non-hydrogen) atoms. The van der Waals surface area contributed by atoms with Crippen molar-refractivity contribution >= 4 is 22.8 Å². The maximum Gasteiger partial charge on any atom is 0.223 e. The van der Waals surface area contributed by atoms with Crippen molar-refractivity contribution in [2.24, 2.45) is 0 Å². The molecule has 0 saturated carbocycles. The number of hydrogen-bond acceptors (Lipinski definition) is 4. The smallest absolute Gasteiger partial charge is 0.223 e. The maximum absolute atomic E-state index is 5.79. The highest BCUT2D eigenvalue weighted by atomic mass is 15.1. The first-order valence-electron chi connectivity index (χ1n) is 4.49. The average molecular weight is 191 g/mol. The Morgan fingerprint density at radius 2 is 2.00 bits per heavy atom. The van der Waals surface area contributed by atoms with Gasteiger partial charge in [0.05, 0.1) is 5.39 Å². The zero-order valence-electron chi connectivity index (χ0n) is 8.20. The largest absolute Gasteiger partial charge is 0.383 e. The molecule has 0 radical (unpaired) electrons. The van der Waals surface area contributed by atoms with Crippen molar-refractivity contribution in [1.29, 1.82) is 0 Å². The first kappa shape index (κ1) is 8.80. The van der Waals surface area contributed by atoms with Gasteiger partial charge >= 0.3 is 0 Å². The highest BCUT2D eigenvalue weighted by Crippen LogP contribution is 2.27. The molecule has 74 valence electrons. The fourth-order valence-electron chi connectivity index (χ4n) is 1.56. The second kappa shape index (κ2) is 2.87. The summed E-state index contributed by atoms with van der Waals surface area (Å²) in [7, 11) is 0. The predicted octanol–water partition coefficient (Wildman–Crippen LogP) is 1.25. The van der Waals surface area contributed by atoms with E-state index in [1.807, 2.05) is 6.20 Å². The molecule has 0 aliphatic heterocycles. The molecule has 5 N–H and O–H groups in total. The number of aromatic nitrogens is 3. The van der Waals surface area contributed by atoms with Crippen molar-refractivity contribution in [2.75, 3.05) is 11.5 Å². The van der Waals surface area contributed by atoms with Gasteiger partial charge in [0, 0.05) is 6.20 Å². The van der Waals surface area contributed by atoms with Crippen LogP contribution in [0.3, 0.4) is 0 Å². The number of hydrogen-bond donors (Lipinski definition) is 3. The van der Waals surface area contributed by atoms with Gasteiger partial charge in [-0.1, -0.05) is 13.8 Å². The molecular formula is C9H13N5. The molecule has 0 bridgehead atoms. The number of nitrogens with two attached hydrogens (primary N) is 2. The number of rotatable bonds is 1. The minimum Gasteiger partial charge on any atom is -0.383 e. The van der Waals surface area contributed by atoms with Gasteiger partial charge in [0.2, 0.25) is 5.95 Å². The lowest BCUT2D eigenvalue weighted by Crippen LogP contribution is -2.00. The Bertz CT molecular complexity index is 471. The molecular weight excluding hydrogens is 178 g/mol. The van der Waals surface area contributed by atoms with E-state index in [1.54, 1.807) is 0 Å². The molecule has 2 aromatic heterocycles. The molecule has 0 amide bonds. The quantitative estimate of drug-likeness (QED) is 0.632. The van der Waals surface area contributed by atoms with E-state index >= 15 is 0 Å². The van der Waals surface area contributed by atoms with E-state index < -0.39 is 0 Å². The summed E-state index contributed by atoms with van der Waals surface area (Å²) in [6, 6.07) is 0. The molecule has 5 nitrogen and oxygen atoms in total. The topological polar surface area (TPSA) is 93.6 Å². The first-order valence-corrected chi connectivity index (χ1v) is 4.49.